The van der Waals surface area contributed by atoms with Gasteiger partial charge in [-0.1, -0.05) is 78.9 Å². The second-order valence-corrected chi connectivity index (χ2v) is 6.71. The fourth-order valence-corrected chi connectivity index (χ4v) is 4.10. The van der Waals surface area contributed by atoms with Gasteiger partial charge in [-0.3, -0.25) is 0 Å². The average molecular weight is 306 g/mol. The molecule has 114 valence electrons. The molecule has 5 rings (SSSR count). The first-order valence-electron chi connectivity index (χ1n) is 8.51. The lowest BCUT2D eigenvalue weighted by Crippen LogP contribution is -1.89. The number of fused-ring (bicyclic) bond motifs is 4. The van der Waals surface area contributed by atoms with Gasteiger partial charge in [0.1, 0.15) is 0 Å². The maximum Gasteiger partial charge on any atom is -0.00132 e. The summed E-state index contributed by atoms with van der Waals surface area (Å²) in [6.45, 7) is 2.19. The molecule has 0 heterocycles. The molecule has 4 aromatic rings. The first-order valence-corrected chi connectivity index (χ1v) is 8.51. The highest BCUT2D eigenvalue weighted by Crippen LogP contribution is 2.44. The van der Waals surface area contributed by atoms with Crippen LogP contribution in [0.1, 0.15) is 16.7 Å². The maximum atomic E-state index is 2.33. The van der Waals surface area contributed by atoms with Crippen LogP contribution in [-0.2, 0) is 6.42 Å². The largest absolute Gasteiger partial charge is 0.0619 e. The molecule has 0 spiro atoms. The number of aryl methyl sites for hydroxylation is 1. The van der Waals surface area contributed by atoms with Crippen LogP contribution in [0.15, 0.2) is 78.9 Å². The van der Waals surface area contributed by atoms with Crippen LogP contribution in [0.4, 0.5) is 0 Å². The Kier molecular flexibility index (Phi) is 2.87. The molecule has 0 atom stereocenters. The van der Waals surface area contributed by atoms with Crippen LogP contribution >= 0.6 is 0 Å². The molecular formula is C24H18. The second kappa shape index (κ2) is 5.07. The summed E-state index contributed by atoms with van der Waals surface area (Å²) in [5.74, 6) is 0. The molecule has 0 fully saturated rings. The maximum absolute atomic E-state index is 2.33. The van der Waals surface area contributed by atoms with Crippen molar-refractivity contribution in [2.24, 2.45) is 0 Å². The van der Waals surface area contributed by atoms with Gasteiger partial charge in [-0.25, -0.2) is 0 Å². The molecule has 4 aromatic carbocycles. The van der Waals surface area contributed by atoms with Crippen LogP contribution < -0.4 is 0 Å². The van der Waals surface area contributed by atoms with Gasteiger partial charge in [0.15, 0.2) is 0 Å². The Morgan fingerprint density at radius 1 is 0.625 bits per heavy atom. The molecule has 0 unspecified atom stereocenters. The third-order valence-electron chi connectivity index (χ3n) is 5.11. The Labute approximate surface area is 142 Å². The molecule has 0 heteroatoms. The van der Waals surface area contributed by atoms with Crippen molar-refractivity contribution in [3.8, 4) is 22.3 Å². The van der Waals surface area contributed by atoms with Gasteiger partial charge in [-0.15, -0.1) is 0 Å². The summed E-state index contributed by atoms with van der Waals surface area (Å²) in [5.41, 5.74) is 9.72. The van der Waals surface area contributed by atoms with E-state index in [2.05, 4.69) is 85.8 Å². The molecular weight excluding hydrogens is 288 g/mol. The molecule has 1 aliphatic carbocycles. The Morgan fingerprint density at radius 2 is 1.38 bits per heavy atom. The first-order chi connectivity index (χ1) is 11.8. The van der Waals surface area contributed by atoms with Gasteiger partial charge in [0, 0.05) is 0 Å². The molecule has 0 aromatic heterocycles. The van der Waals surface area contributed by atoms with Gasteiger partial charge in [-0.2, -0.15) is 0 Å². The summed E-state index contributed by atoms with van der Waals surface area (Å²) in [7, 11) is 0. The lowest BCUT2D eigenvalue weighted by Gasteiger charge is -2.14. The zero-order chi connectivity index (χ0) is 16.1. The van der Waals surface area contributed by atoms with E-state index >= 15 is 0 Å². The molecule has 0 saturated carbocycles. The van der Waals surface area contributed by atoms with Crippen molar-refractivity contribution in [3.05, 3.63) is 95.6 Å². The standard InChI is InChI=1S/C24H18/c1-16-13-17-7-2-4-10-20(17)23(14-16)22-12-6-9-19-15-18-8-3-5-11-21(18)24(19)22/h2-14H,15H2,1H3. The van der Waals surface area contributed by atoms with Crippen LogP contribution in [0.25, 0.3) is 33.0 Å². The number of rotatable bonds is 1. The van der Waals surface area contributed by atoms with Crippen molar-refractivity contribution in [2.75, 3.05) is 0 Å². The minimum absolute atomic E-state index is 1.04. The summed E-state index contributed by atoms with van der Waals surface area (Å²) >= 11 is 0. The Hall–Kier alpha value is -2.86. The number of hydrogen-bond acceptors (Lipinski definition) is 0. The van der Waals surface area contributed by atoms with Gasteiger partial charge in [-0.05, 0) is 63.1 Å². The average Bonchev–Trinajstić information content (AvgIpc) is 2.99. The number of hydrogen-bond donors (Lipinski definition) is 0. The van der Waals surface area contributed by atoms with E-state index in [9.17, 15) is 0 Å². The Bertz CT molecular complexity index is 1090. The zero-order valence-corrected chi connectivity index (χ0v) is 13.7. The van der Waals surface area contributed by atoms with Gasteiger partial charge in [0.2, 0.25) is 0 Å². The highest BCUT2D eigenvalue weighted by molar-refractivity contribution is 6.02. The summed E-state index contributed by atoms with van der Waals surface area (Å²) in [6.07, 6.45) is 1.04. The molecule has 0 radical (unpaired) electrons. The molecule has 0 bridgehead atoms. The quantitative estimate of drug-likeness (QED) is 0.337. The zero-order valence-electron chi connectivity index (χ0n) is 13.7. The monoisotopic (exact) mass is 306 g/mol. The summed E-state index contributed by atoms with van der Waals surface area (Å²) in [4.78, 5) is 0. The van der Waals surface area contributed by atoms with E-state index in [-0.39, 0.29) is 0 Å². The third kappa shape index (κ3) is 1.93. The van der Waals surface area contributed by atoms with E-state index in [1.54, 1.807) is 0 Å². The highest BCUT2D eigenvalue weighted by Gasteiger charge is 2.22. The number of benzene rings is 4. The van der Waals surface area contributed by atoms with Crippen molar-refractivity contribution in [2.45, 2.75) is 13.3 Å². The third-order valence-corrected chi connectivity index (χ3v) is 5.11. The van der Waals surface area contributed by atoms with Crippen LogP contribution in [0.5, 0.6) is 0 Å². The van der Waals surface area contributed by atoms with Crippen LogP contribution in [0, 0.1) is 6.92 Å². The van der Waals surface area contributed by atoms with Crippen molar-refractivity contribution in [3.63, 3.8) is 0 Å². The lowest BCUT2D eigenvalue weighted by molar-refractivity contribution is 1.26. The van der Waals surface area contributed by atoms with E-state index in [1.807, 2.05) is 0 Å². The Morgan fingerprint density at radius 3 is 2.33 bits per heavy atom. The molecule has 0 N–H and O–H groups in total. The highest BCUT2D eigenvalue weighted by atomic mass is 14.3. The van der Waals surface area contributed by atoms with E-state index in [0.717, 1.165) is 6.42 Å². The SMILES string of the molecule is Cc1cc(-c2cccc3c2-c2ccccc2C3)c2ccccc2c1. The summed E-state index contributed by atoms with van der Waals surface area (Å²) in [5, 5.41) is 2.65. The minimum atomic E-state index is 1.04. The predicted octanol–water partition coefficient (Wildman–Crippen LogP) is 6.39. The van der Waals surface area contributed by atoms with E-state index in [4.69, 9.17) is 0 Å². The summed E-state index contributed by atoms with van der Waals surface area (Å²) in [6, 6.07) is 28.9. The van der Waals surface area contributed by atoms with Crippen molar-refractivity contribution < 1.29 is 0 Å². The minimum Gasteiger partial charge on any atom is -0.0619 e. The van der Waals surface area contributed by atoms with Crippen molar-refractivity contribution in [1.29, 1.82) is 0 Å². The molecule has 0 amide bonds. The smallest absolute Gasteiger partial charge is 0.00132 e. The molecule has 0 nitrogen and oxygen atoms in total. The summed E-state index contributed by atoms with van der Waals surface area (Å²) < 4.78 is 0. The molecule has 0 saturated heterocycles. The lowest BCUT2D eigenvalue weighted by atomic mass is 9.90. The van der Waals surface area contributed by atoms with Crippen molar-refractivity contribution >= 4 is 10.8 Å². The fraction of sp³-hybridized carbons (Fsp3) is 0.0833. The van der Waals surface area contributed by atoms with Crippen LogP contribution in [0.2, 0.25) is 0 Å². The van der Waals surface area contributed by atoms with Crippen LogP contribution in [0.3, 0.4) is 0 Å². The first kappa shape index (κ1) is 13.6. The predicted molar refractivity (Wildman–Crippen MR) is 102 cm³/mol. The van der Waals surface area contributed by atoms with Gasteiger partial charge in [0.25, 0.3) is 0 Å². The van der Waals surface area contributed by atoms with Gasteiger partial charge < -0.3 is 0 Å². The molecule has 0 aliphatic heterocycles. The normalized spacial score (nSPS) is 12.2. The van der Waals surface area contributed by atoms with Gasteiger partial charge >= 0.3 is 0 Å². The van der Waals surface area contributed by atoms with Crippen LogP contribution in [-0.4, -0.2) is 0 Å². The fourth-order valence-electron chi connectivity index (χ4n) is 4.10. The molecule has 1 aliphatic rings. The van der Waals surface area contributed by atoms with E-state index in [0.29, 0.717) is 0 Å². The van der Waals surface area contributed by atoms with Gasteiger partial charge in [0.05, 0.1) is 0 Å². The van der Waals surface area contributed by atoms with E-state index in [1.165, 1.54) is 49.7 Å². The molecule has 24 heavy (non-hydrogen) atoms. The van der Waals surface area contributed by atoms with Crippen molar-refractivity contribution in [1.82, 2.24) is 0 Å². The topological polar surface area (TPSA) is 0 Å². The second-order valence-electron chi connectivity index (χ2n) is 6.71. The Balaban J connectivity index is 1.87. The van der Waals surface area contributed by atoms with E-state index < -0.39 is 0 Å².